The van der Waals surface area contributed by atoms with Crippen molar-refractivity contribution < 1.29 is 14.2 Å². The van der Waals surface area contributed by atoms with Crippen LogP contribution in [0, 0.1) is 5.82 Å². The fraction of sp³-hybridized carbons (Fsp3) is 0.333. The molecule has 0 amide bonds. The third-order valence-electron chi connectivity index (χ3n) is 4.24. The maximum absolute atomic E-state index is 13.4. The molecule has 0 radical (unpaired) electrons. The number of hydrogen-bond acceptors (Lipinski definition) is 2. The molecule has 0 spiro atoms. The van der Waals surface area contributed by atoms with Crippen LogP contribution in [0.3, 0.4) is 0 Å². The lowest BCUT2D eigenvalue weighted by atomic mass is 9.82. The fourth-order valence-electron chi connectivity index (χ4n) is 3.03. The molecule has 0 fully saturated rings. The fourth-order valence-corrected chi connectivity index (χ4v) is 3.03. The zero-order chi connectivity index (χ0) is 14.9. The molecule has 0 saturated heterocycles. The van der Waals surface area contributed by atoms with Crippen molar-refractivity contribution in [3.05, 3.63) is 65.5 Å². The van der Waals surface area contributed by atoms with Gasteiger partial charge in [0.05, 0.1) is 6.10 Å². The third-order valence-corrected chi connectivity index (χ3v) is 4.24. The molecule has 0 aliphatic carbocycles. The third kappa shape index (κ3) is 2.79. The predicted octanol–water partition coefficient (Wildman–Crippen LogP) is 4.03. The highest BCUT2D eigenvalue weighted by molar-refractivity contribution is 5.39. The zero-order valence-corrected chi connectivity index (χ0v) is 12.1. The van der Waals surface area contributed by atoms with Gasteiger partial charge in [-0.2, -0.15) is 0 Å². The lowest BCUT2D eigenvalue weighted by Gasteiger charge is -2.40. The highest BCUT2D eigenvalue weighted by atomic mass is 19.1. The Hall–Kier alpha value is -1.87. The number of aliphatic hydroxyl groups excluding tert-OH is 1. The second kappa shape index (κ2) is 5.49. The lowest BCUT2D eigenvalue weighted by Crippen LogP contribution is -2.42. The summed E-state index contributed by atoms with van der Waals surface area (Å²) in [7, 11) is 0. The minimum atomic E-state index is -0.613. The van der Waals surface area contributed by atoms with Gasteiger partial charge in [-0.05, 0) is 24.1 Å². The van der Waals surface area contributed by atoms with Crippen LogP contribution in [0.4, 0.5) is 4.39 Å². The molecule has 2 atom stereocenters. The summed E-state index contributed by atoms with van der Waals surface area (Å²) in [5.74, 6) is 0.124. The Morgan fingerprint density at radius 3 is 2.71 bits per heavy atom. The van der Waals surface area contributed by atoms with Crippen LogP contribution in [0.25, 0.3) is 0 Å². The Balaban J connectivity index is 1.94. The summed E-state index contributed by atoms with van der Waals surface area (Å²) in [6, 6.07) is 14.4. The van der Waals surface area contributed by atoms with Crippen LogP contribution in [0.15, 0.2) is 48.5 Å². The van der Waals surface area contributed by atoms with E-state index in [4.69, 9.17) is 4.74 Å². The molecule has 0 bridgehead atoms. The predicted molar refractivity (Wildman–Crippen MR) is 79.8 cm³/mol. The van der Waals surface area contributed by atoms with E-state index >= 15 is 0 Å². The number of rotatable bonds is 3. The average Bonchev–Trinajstić information content (AvgIpc) is 2.47. The molecule has 0 saturated carbocycles. The van der Waals surface area contributed by atoms with Gasteiger partial charge in [0.25, 0.3) is 0 Å². The first-order valence-electron chi connectivity index (χ1n) is 7.32. The molecule has 21 heavy (non-hydrogen) atoms. The Morgan fingerprint density at radius 2 is 2.00 bits per heavy atom. The van der Waals surface area contributed by atoms with E-state index in [0.29, 0.717) is 24.2 Å². The van der Waals surface area contributed by atoms with Crippen LogP contribution in [0.2, 0.25) is 0 Å². The van der Waals surface area contributed by atoms with Crippen molar-refractivity contribution in [1.82, 2.24) is 0 Å². The van der Waals surface area contributed by atoms with E-state index < -0.39 is 11.7 Å². The van der Waals surface area contributed by atoms with Gasteiger partial charge in [0, 0.05) is 24.5 Å². The minimum Gasteiger partial charge on any atom is -0.486 e. The maximum atomic E-state index is 13.4. The molecule has 0 aromatic heterocycles. The largest absolute Gasteiger partial charge is 0.486 e. The van der Waals surface area contributed by atoms with Gasteiger partial charge in [-0.1, -0.05) is 37.3 Å². The first-order chi connectivity index (χ1) is 10.1. The van der Waals surface area contributed by atoms with Crippen LogP contribution in [0.5, 0.6) is 5.75 Å². The van der Waals surface area contributed by atoms with Gasteiger partial charge in [0.2, 0.25) is 0 Å². The zero-order valence-electron chi connectivity index (χ0n) is 12.1. The molecule has 3 rings (SSSR count). The highest BCUT2D eigenvalue weighted by Gasteiger charge is 2.39. The molecular formula is C18H19FO2. The van der Waals surface area contributed by atoms with E-state index in [1.54, 1.807) is 6.07 Å². The van der Waals surface area contributed by atoms with E-state index in [0.717, 1.165) is 12.0 Å². The number of hydrogen-bond donors (Lipinski definition) is 1. The Labute approximate surface area is 124 Å². The second-order valence-corrected chi connectivity index (χ2v) is 5.70. The summed E-state index contributed by atoms with van der Waals surface area (Å²) in [6.07, 6.45) is 1.38. The van der Waals surface area contributed by atoms with Crippen molar-refractivity contribution in [1.29, 1.82) is 0 Å². The number of fused-ring (bicyclic) bond motifs is 1. The van der Waals surface area contributed by atoms with Crippen LogP contribution in [-0.2, 0) is 6.42 Å². The van der Waals surface area contributed by atoms with Gasteiger partial charge < -0.3 is 9.84 Å². The summed E-state index contributed by atoms with van der Waals surface area (Å²) in [5, 5.41) is 10.4. The maximum Gasteiger partial charge on any atom is 0.128 e. The Morgan fingerprint density at radius 1 is 1.24 bits per heavy atom. The molecule has 2 nitrogen and oxygen atoms in total. The summed E-state index contributed by atoms with van der Waals surface area (Å²) in [6.45, 7) is 2.04. The molecule has 3 heteroatoms. The average molecular weight is 286 g/mol. The van der Waals surface area contributed by atoms with Crippen LogP contribution in [0.1, 0.15) is 37.0 Å². The summed E-state index contributed by atoms with van der Waals surface area (Å²) in [4.78, 5) is 0. The monoisotopic (exact) mass is 286 g/mol. The number of benzene rings is 2. The molecule has 1 aliphatic rings. The first-order valence-corrected chi connectivity index (χ1v) is 7.32. The number of aliphatic hydroxyl groups is 1. The van der Waals surface area contributed by atoms with E-state index in [2.05, 4.69) is 0 Å². The molecule has 1 heterocycles. The summed E-state index contributed by atoms with van der Waals surface area (Å²) < 4.78 is 19.6. The van der Waals surface area contributed by atoms with E-state index in [9.17, 15) is 9.50 Å². The second-order valence-electron chi connectivity index (χ2n) is 5.70. The molecular weight excluding hydrogens is 267 g/mol. The van der Waals surface area contributed by atoms with Crippen LogP contribution in [-0.4, -0.2) is 10.7 Å². The van der Waals surface area contributed by atoms with E-state index in [-0.39, 0.29) is 5.82 Å². The lowest BCUT2D eigenvalue weighted by molar-refractivity contribution is -0.0170. The molecule has 1 N–H and O–H groups in total. The quantitative estimate of drug-likeness (QED) is 0.923. The van der Waals surface area contributed by atoms with Crippen molar-refractivity contribution in [3.63, 3.8) is 0 Å². The Kier molecular flexibility index (Phi) is 3.68. The normalized spacial score (nSPS) is 24.2. The van der Waals surface area contributed by atoms with Gasteiger partial charge >= 0.3 is 0 Å². The number of halogens is 1. The van der Waals surface area contributed by atoms with Crippen molar-refractivity contribution in [2.24, 2.45) is 0 Å². The molecule has 2 aromatic carbocycles. The van der Waals surface area contributed by atoms with E-state index in [1.165, 1.54) is 12.1 Å². The smallest absolute Gasteiger partial charge is 0.128 e. The van der Waals surface area contributed by atoms with Gasteiger partial charge in [0.15, 0.2) is 0 Å². The van der Waals surface area contributed by atoms with Gasteiger partial charge in [-0.25, -0.2) is 4.39 Å². The van der Waals surface area contributed by atoms with Gasteiger partial charge in [-0.15, -0.1) is 0 Å². The van der Waals surface area contributed by atoms with E-state index in [1.807, 2.05) is 37.3 Å². The van der Waals surface area contributed by atoms with Crippen LogP contribution >= 0.6 is 0 Å². The van der Waals surface area contributed by atoms with Crippen molar-refractivity contribution in [2.45, 2.75) is 37.9 Å². The molecule has 2 unspecified atom stereocenters. The first kappa shape index (κ1) is 14.1. The highest BCUT2D eigenvalue weighted by Crippen LogP contribution is 2.42. The topological polar surface area (TPSA) is 29.5 Å². The standard InChI is InChI=1S/C18H19FO2/c1-2-18(11-13-6-4-3-5-7-13)12-16(20)15-9-8-14(19)10-17(15)21-18/h3-10,16,20H,2,11-12H2,1H3. The van der Waals surface area contributed by atoms with Gasteiger partial charge in [-0.3, -0.25) is 0 Å². The summed E-state index contributed by atoms with van der Waals surface area (Å²) >= 11 is 0. The number of ether oxygens (including phenoxy) is 1. The molecule has 2 aromatic rings. The Bertz CT molecular complexity index is 626. The van der Waals surface area contributed by atoms with Crippen molar-refractivity contribution in [2.75, 3.05) is 0 Å². The summed E-state index contributed by atoms with van der Waals surface area (Å²) in [5.41, 5.74) is 1.35. The SMILES string of the molecule is CCC1(Cc2ccccc2)CC(O)c2ccc(F)cc2O1. The van der Waals surface area contributed by atoms with Crippen molar-refractivity contribution in [3.8, 4) is 5.75 Å². The molecule has 1 aliphatic heterocycles. The van der Waals surface area contributed by atoms with Crippen LogP contribution < -0.4 is 4.74 Å². The minimum absolute atomic E-state index is 0.340. The molecule has 110 valence electrons. The van der Waals surface area contributed by atoms with Crippen molar-refractivity contribution >= 4 is 0 Å². The van der Waals surface area contributed by atoms with Gasteiger partial charge in [0.1, 0.15) is 17.2 Å².